The second kappa shape index (κ2) is 7.23. The van der Waals surface area contributed by atoms with Crippen LogP contribution < -0.4 is 10.5 Å². The van der Waals surface area contributed by atoms with Gasteiger partial charge in [0.15, 0.2) is 0 Å². The van der Waals surface area contributed by atoms with Crippen LogP contribution in [0.5, 0.6) is 0 Å². The maximum Gasteiger partial charge on any atom is 0.211 e. The molecular formula is C15H30N2O2S. The molecule has 2 aliphatic carbocycles. The molecule has 0 atom stereocenters. The molecule has 4 nitrogen and oxygen atoms in total. The Bertz CT molecular complexity index is 381. The van der Waals surface area contributed by atoms with E-state index in [0.717, 1.165) is 38.5 Å². The summed E-state index contributed by atoms with van der Waals surface area (Å²) < 4.78 is 27.2. The highest BCUT2D eigenvalue weighted by Crippen LogP contribution is 2.26. The van der Waals surface area contributed by atoms with E-state index in [9.17, 15) is 8.42 Å². The van der Waals surface area contributed by atoms with Crippen molar-refractivity contribution in [2.24, 2.45) is 11.7 Å². The molecule has 0 saturated heterocycles. The second-order valence-electron chi connectivity index (χ2n) is 6.88. The summed E-state index contributed by atoms with van der Waals surface area (Å²) in [4.78, 5) is 0. The third-order valence-electron chi connectivity index (χ3n) is 4.92. The Morgan fingerprint density at radius 3 is 2.10 bits per heavy atom. The summed E-state index contributed by atoms with van der Waals surface area (Å²) in [7, 11) is -3.16. The molecule has 3 N–H and O–H groups in total. The highest BCUT2D eigenvalue weighted by Gasteiger charge is 2.29. The lowest BCUT2D eigenvalue weighted by atomic mass is 9.91. The molecule has 0 unspecified atom stereocenters. The Morgan fingerprint density at radius 2 is 1.50 bits per heavy atom. The monoisotopic (exact) mass is 302 g/mol. The standard InChI is InChI=1S/C15H30N2O2S/c16-15(10-6-1-2-7-11-15)13-17-20(18,19)12-14-8-4-3-5-9-14/h14,17H,1-13,16H2. The van der Waals surface area contributed by atoms with Crippen LogP contribution in [0.25, 0.3) is 0 Å². The summed E-state index contributed by atoms with van der Waals surface area (Å²) in [5, 5.41) is 0. The minimum absolute atomic E-state index is 0.295. The Balaban J connectivity index is 1.81. The van der Waals surface area contributed by atoms with E-state index in [1.54, 1.807) is 0 Å². The maximum atomic E-state index is 12.2. The van der Waals surface area contributed by atoms with Crippen molar-refractivity contribution in [2.45, 2.75) is 76.2 Å². The highest BCUT2D eigenvalue weighted by atomic mass is 32.2. The van der Waals surface area contributed by atoms with E-state index in [4.69, 9.17) is 5.73 Å². The molecule has 2 fully saturated rings. The van der Waals surface area contributed by atoms with Crippen molar-refractivity contribution in [3.05, 3.63) is 0 Å². The molecule has 0 spiro atoms. The summed E-state index contributed by atoms with van der Waals surface area (Å²) in [6, 6.07) is 0. The first-order valence-electron chi connectivity index (χ1n) is 8.25. The van der Waals surface area contributed by atoms with Gasteiger partial charge in [0.05, 0.1) is 5.75 Å². The zero-order valence-electron chi connectivity index (χ0n) is 12.6. The van der Waals surface area contributed by atoms with E-state index in [1.807, 2.05) is 0 Å². The fourth-order valence-corrected chi connectivity index (χ4v) is 5.17. The molecule has 2 aliphatic rings. The zero-order valence-corrected chi connectivity index (χ0v) is 13.4. The van der Waals surface area contributed by atoms with E-state index in [1.165, 1.54) is 32.1 Å². The first-order valence-corrected chi connectivity index (χ1v) is 9.91. The molecule has 2 rings (SSSR count). The van der Waals surface area contributed by atoms with Gasteiger partial charge in [-0.05, 0) is 31.6 Å². The third-order valence-corrected chi connectivity index (χ3v) is 6.42. The van der Waals surface area contributed by atoms with Crippen LogP contribution in [0.1, 0.15) is 70.6 Å². The average molecular weight is 302 g/mol. The molecular weight excluding hydrogens is 272 g/mol. The molecule has 0 aromatic heterocycles. The summed E-state index contributed by atoms with van der Waals surface area (Å²) in [5.74, 6) is 0.646. The van der Waals surface area contributed by atoms with Gasteiger partial charge in [-0.15, -0.1) is 0 Å². The van der Waals surface area contributed by atoms with Gasteiger partial charge in [0.25, 0.3) is 0 Å². The van der Waals surface area contributed by atoms with Crippen LogP contribution in [0.3, 0.4) is 0 Å². The maximum absolute atomic E-state index is 12.2. The molecule has 5 heteroatoms. The highest BCUT2D eigenvalue weighted by molar-refractivity contribution is 7.89. The average Bonchev–Trinajstić information content (AvgIpc) is 2.63. The van der Waals surface area contributed by atoms with Gasteiger partial charge in [0, 0.05) is 12.1 Å². The molecule has 0 aromatic carbocycles. The molecule has 0 radical (unpaired) electrons. The van der Waals surface area contributed by atoms with Crippen LogP contribution in [-0.4, -0.2) is 26.3 Å². The van der Waals surface area contributed by atoms with Crippen LogP contribution in [0, 0.1) is 5.92 Å². The van der Waals surface area contributed by atoms with Crippen molar-refractivity contribution in [1.82, 2.24) is 4.72 Å². The number of nitrogens with two attached hydrogens (primary N) is 1. The smallest absolute Gasteiger partial charge is 0.211 e. The van der Waals surface area contributed by atoms with Crippen LogP contribution in [0.4, 0.5) is 0 Å². The first-order chi connectivity index (χ1) is 9.49. The van der Waals surface area contributed by atoms with Gasteiger partial charge in [-0.1, -0.05) is 44.9 Å². The van der Waals surface area contributed by atoms with Crippen molar-refractivity contribution in [3.63, 3.8) is 0 Å². The van der Waals surface area contributed by atoms with Gasteiger partial charge in [-0.25, -0.2) is 13.1 Å². The van der Waals surface area contributed by atoms with Crippen LogP contribution in [0.15, 0.2) is 0 Å². The summed E-state index contributed by atoms with van der Waals surface area (Å²) in [6.07, 6.45) is 12.3. The van der Waals surface area contributed by atoms with Crippen molar-refractivity contribution < 1.29 is 8.42 Å². The lowest BCUT2D eigenvalue weighted by Gasteiger charge is -2.29. The SMILES string of the molecule is NC1(CNS(=O)(=O)CC2CCCCC2)CCCCCC1. The van der Waals surface area contributed by atoms with Gasteiger partial charge in [-0.2, -0.15) is 0 Å². The van der Waals surface area contributed by atoms with Crippen LogP contribution in [0.2, 0.25) is 0 Å². The van der Waals surface area contributed by atoms with Crippen molar-refractivity contribution in [3.8, 4) is 0 Å². The summed E-state index contributed by atoms with van der Waals surface area (Å²) in [6.45, 7) is 0.419. The van der Waals surface area contributed by atoms with Gasteiger partial charge in [0.1, 0.15) is 0 Å². The minimum atomic E-state index is -3.16. The van der Waals surface area contributed by atoms with E-state index in [0.29, 0.717) is 18.2 Å². The van der Waals surface area contributed by atoms with Crippen molar-refractivity contribution in [1.29, 1.82) is 0 Å². The zero-order chi connectivity index (χ0) is 14.5. The Hall–Kier alpha value is -0.130. The Morgan fingerprint density at radius 1 is 0.950 bits per heavy atom. The molecule has 20 heavy (non-hydrogen) atoms. The van der Waals surface area contributed by atoms with Gasteiger partial charge < -0.3 is 5.73 Å². The van der Waals surface area contributed by atoms with E-state index in [2.05, 4.69) is 4.72 Å². The predicted octanol–water partition coefficient (Wildman–Crippen LogP) is 2.54. The predicted molar refractivity (Wildman–Crippen MR) is 83.0 cm³/mol. The van der Waals surface area contributed by atoms with E-state index in [-0.39, 0.29) is 5.54 Å². The lowest BCUT2D eigenvalue weighted by molar-refractivity contribution is 0.363. The number of rotatable bonds is 5. The topological polar surface area (TPSA) is 72.2 Å². The molecule has 0 heterocycles. The fraction of sp³-hybridized carbons (Fsp3) is 1.00. The van der Waals surface area contributed by atoms with Gasteiger partial charge in [-0.3, -0.25) is 0 Å². The molecule has 118 valence electrons. The Labute approximate surface area is 123 Å². The number of hydrogen-bond acceptors (Lipinski definition) is 3. The van der Waals surface area contributed by atoms with Crippen LogP contribution >= 0.6 is 0 Å². The fourth-order valence-electron chi connectivity index (χ4n) is 3.59. The second-order valence-corrected chi connectivity index (χ2v) is 8.73. The first kappa shape index (κ1) is 16.2. The Kier molecular flexibility index (Phi) is 5.87. The number of nitrogens with one attached hydrogen (secondary N) is 1. The third kappa shape index (κ3) is 5.34. The normalized spacial score (nSPS) is 25.2. The quantitative estimate of drug-likeness (QED) is 0.767. The van der Waals surface area contributed by atoms with E-state index < -0.39 is 10.0 Å². The molecule has 0 aliphatic heterocycles. The minimum Gasteiger partial charge on any atom is -0.324 e. The van der Waals surface area contributed by atoms with E-state index >= 15 is 0 Å². The van der Waals surface area contributed by atoms with Gasteiger partial charge in [0.2, 0.25) is 10.0 Å². The van der Waals surface area contributed by atoms with Gasteiger partial charge >= 0.3 is 0 Å². The molecule has 0 bridgehead atoms. The number of hydrogen-bond donors (Lipinski definition) is 2. The van der Waals surface area contributed by atoms with Crippen LogP contribution in [-0.2, 0) is 10.0 Å². The molecule has 2 saturated carbocycles. The largest absolute Gasteiger partial charge is 0.324 e. The summed E-state index contributed by atoms with van der Waals surface area (Å²) in [5.41, 5.74) is 6.05. The molecule has 0 aromatic rings. The van der Waals surface area contributed by atoms with Crippen molar-refractivity contribution in [2.75, 3.05) is 12.3 Å². The summed E-state index contributed by atoms with van der Waals surface area (Å²) >= 11 is 0. The lowest BCUT2D eigenvalue weighted by Crippen LogP contribution is -2.50. The molecule has 0 amide bonds. The van der Waals surface area contributed by atoms with Crippen molar-refractivity contribution >= 4 is 10.0 Å². The number of sulfonamides is 1.